The first-order chi connectivity index (χ1) is 8.67. The van der Waals surface area contributed by atoms with Crippen LogP contribution in [0.15, 0.2) is 29.2 Å². The van der Waals surface area contributed by atoms with Crippen LogP contribution in [0.5, 0.6) is 0 Å². The van der Waals surface area contributed by atoms with Crippen LogP contribution in [0.25, 0.3) is 0 Å². The SMILES string of the molecule is CCNC(CC)CCCS(=O)c1cccc(C)c1. The van der Waals surface area contributed by atoms with Crippen LogP contribution in [0.2, 0.25) is 0 Å². The molecule has 0 saturated carbocycles. The highest BCUT2D eigenvalue weighted by Crippen LogP contribution is 2.11. The predicted molar refractivity (Wildman–Crippen MR) is 79.4 cm³/mol. The second-order valence-electron chi connectivity index (χ2n) is 4.67. The number of hydrogen-bond donors (Lipinski definition) is 1. The third-order valence-electron chi connectivity index (χ3n) is 3.12. The molecule has 0 radical (unpaired) electrons. The van der Waals surface area contributed by atoms with E-state index in [-0.39, 0.29) is 0 Å². The largest absolute Gasteiger partial charge is 0.314 e. The van der Waals surface area contributed by atoms with Gasteiger partial charge in [0.2, 0.25) is 0 Å². The van der Waals surface area contributed by atoms with E-state index in [1.165, 1.54) is 5.56 Å². The smallest absolute Gasteiger partial charge is 0.0529 e. The number of rotatable bonds is 8. The van der Waals surface area contributed by atoms with E-state index in [0.717, 1.165) is 36.5 Å². The Balaban J connectivity index is 2.37. The van der Waals surface area contributed by atoms with Crippen LogP contribution in [-0.4, -0.2) is 22.5 Å². The van der Waals surface area contributed by atoms with E-state index in [9.17, 15) is 4.21 Å². The molecule has 2 unspecified atom stereocenters. The van der Waals surface area contributed by atoms with Gasteiger partial charge in [0.05, 0.1) is 10.8 Å². The highest BCUT2D eigenvalue weighted by atomic mass is 32.2. The summed E-state index contributed by atoms with van der Waals surface area (Å²) in [4.78, 5) is 0.964. The number of nitrogens with one attached hydrogen (secondary N) is 1. The van der Waals surface area contributed by atoms with Gasteiger partial charge in [-0.05, 0) is 50.4 Å². The zero-order valence-corrected chi connectivity index (χ0v) is 12.6. The Morgan fingerprint density at radius 1 is 1.33 bits per heavy atom. The molecule has 2 nitrogen and oxygen atoms in total. The molecule has 0 aromatic heterocycles. The van der Waals surface area contributed by atoms with Crippen LogP contribution < -0.4 is 5.32 Å². The van der Waals surface area contributed by atoms with E-state index in [2.05, 4.69) is 19.2 Å². The van der Waals surface area contributed by atoms with E-state index in [1.807, 2.05) is 31.2 Å². The molecule has 0 amide bonds. The molecule has 0 aliphatic rings. The maximum atomic E-state index is 12.1. The second kappa shape index (κ2) is 8.44. The van der Waals surface area contributed by atoms with Gasteiger partial charge >= 0.3 is 0 Å². The Morgan fingerprint density at radius 3 is 2.72 bits per heavy atom. The van der Waals surface area contributed by atoms with Gasteiger partial charge in [-0.15, -0.1) is 0 Å². The summed E-state index contributed by atoms with van der Waals surface area (Å²) in [5.41, 5.74) is 1.18. The fourth-order valence-corrected chi connectivity index (χ4v) is 3.29. The van der Waals surface area contributed by atoms with Gasteiger partial charge in [0.25, 0.3) is 0 Å². The van der Waals surface area contributed by atoms with Crippen LogP contribution >= 0.6 is 0 Å². The summed E-state index contributed by atoms with van der Waals surface area (Å²) < 4.78 is 12.1. The summed E-state index contributed by atoms with van der Waals surface area (Å²) in [6, 6.07) is 8.58. The highest BCUT2D eigenvalue weighted by molar-refractivity contribution is 7.85. The van der Waals surface area contributed by atoms with E-state index >= 15 is 0 Å². The van der Waals surface area contributed by atoms with Gasteiger partial charge in [0, 0.05) is 16.7 Å². The molecule has 0 spiro atoms. The Bertz CT molecular complexity index is 379. The van der Waals surface area contributed by atoms with Crippen molar-refractivity contribution in [1.82, 2.24) is 5.32 Å². The van der Waals surface area contributed by atoms with Crippen LogP contribution in [0.4, 0.5) is 0 Å². The average Bonchev–Trinajstić information content (AvgIpc) is 2.37. The van der Waals surface area contributed by atoms with Crippen molar-refractivity contribution in [3.8, 4) is 0 Å². The molecule has 1 aromatic carbocycles. The molecule has 102 valence electrons. The minimum Gasteiger partial charge on any atom is -0.314 e. The molecule has 0 heterocycles. The second-order valence-corrected chi connectivity index (χ2v) is 6.24. The van der Waals surface area contributed by atoms with Gasteiger partial charge in [0.15, 0.2) is 0 Å². The fourth-order valence-electron chi connectivity index (χ4n) is 2.07. The van der Waals surface area contributed by atoms with Crippen LogP contribution in [0.3, 0.4) is 0 Å². The third kappa shape index (κ3) is 5.32. The van der Waals surface area contributed by atoms with Gasteiger partial charge in [-0.2, -0.15) is 0 Å². The highest BCUT2D eigenvalue weighted by Gasteiger charge is 2.07. The Hall–Kier alpha value is -0.670. The summed E-state index contributed by atoms with van der Waals surface area (Å²) in [7, 11) is -0.844. The van der Waals surface area contributed by atoms with Gasteiger partial charge < -0.3 is 5.32 Å². The first kappa shape index (κ1) is 15.4. The summed E-state index contributed by atoms with van der Waals surface area (Å²) in [5, 5.41) is 3.46. The standard InChI is InChI=1S/C15H25NOS/c1-4-14(16-5-2)9-7-11-18(17)15-10-6-8-13(3)12-15/h6,8,10,12,14,16H,4-5,7,9,11H2,1-3H3. The molecule has 1 rings (SSSR count). The quantitative estimate of drug-likeness (QED) is 0.783. The van der Waals surface area contributed by atoms with Crippen molar-refractivity contribution in [2.75, 3.05) is 12.3 Å². The molecule has 0 bridgehead atoms. The van der Waals surface area contributed by atoms with Crippen molar-refractivity contribution in [2.24, 2.45) is 0 Å². The van der Waals surface area contributed by atoms with Gasteiger partial charge in [-0.1, -0.05) is 26.0 Å². The molecular formula is C15H25NOS. The third-order valence-corrected chi connectivity index (χ3v) is 4.56. The molecule has 2 atom stereocenters. The summed E-state index contributed by atoms with van der Waals surface area (Å²) >= 11 is 0. The van der Waals surface area contributed by atoms with Gasteiger partial charge in [-0.25, -0.2) is 0 Å². The first-order valence-corrected chi connectivity index (χ1v) is 8.17. The summed E-state index contributed by atoms with van der Waals surface area (Å²) in [6.07, 6.45) is 3.28. The van der Waals surface area contributed by atoms with Crippen LogP contribution in [0.1, 0.15) is 38.7 Å². The van der Waals surface area contributed by atoms with Crippen LogP contribution in [-0.2, 0) is 10.8 Å². The number of aryl methyl sites for hydroxylation is 1. The minimum absolute atomic E-state index is 0.574. The van der Waals surface area contributed by atoms with Crippen LogP contribution in [0, 0.1) is 6.92 Å². The Labute approximate surface area is 114 Å². The van der Waals surface area contributed by atoms with E-state index in [4.69, 9.17) is 0 Å². The monoisotopic (exact) mass is 267 g/mol. The maximum absolute atomic E-state index is 12.1. The maximum Gasteiger partial charge on any atom is 0.0529 e. The van der Waals surface area contributed by atoms with E-state index < -0.39 is 10.8 Å². The average molecular weight is 267 g/mol. The zero-order valence-electron chi connectivity index (χ0n) is 11.7. The van der Waals surface area contributed by atoms with Crippen molar-refractivity contribution in [1.29, 1.82) is 0 Å². The molecule has 0 aliphatic heterocycles. The van der Waals surface area contributed by atoms with Crippen molar-refractivity contribution >= 4 is 10.8 Å². The lowest BCUT2D eigenvalue weighted by atomic mass is 10.1. The van der Waals surface area contributed by atoms with Gasteiger partial charge in [0.1, 0.15) is 0 Å². The minimum atomic E-state index is -0.844. The van der Waals surface area contributed by atoms with Gasteiger partial charge in [-0.3, -0.25) is 4.21 Å². The van der Waals surface area contributed by atoms with E-state index in [0.29, 0.717) is 6.04 Å². The van der Waals surface area contributed by atoms with E-state index in [1.54, 1.807) is 0 Å². The lowest BCUT2D eigenvalue weighted by Crippen LogP contribution is -2.28. The molecule has 1 aromatic rings. The lowest BCUT2D eigenvalue weighted by molar-refractivity contribution is 0.476. The molecule has 0 fully saturated rings. The normalized spacial score (nSPS) is 14.4. The summed E-state index contributed by atoms with van der Waals surface area (Å²) in [5.74, 6) is 0.769. The number of hydrogen-bond acceptors (Lipinski definition) is 2. The summed E-state index contributed by atoms with van der Waals surface area (Å²) in [6.45, 7) is 7.39. The van der Waals surface area contributed by atoms with Crippen molar-refractivity contribution in [2.45, 2.75) is 51.0 Å². The lowest BCUT2D eigenvalue weighted by Gasteiger charge is -2.15. The van der Waals surface area contributed by atoms with Crippen molar-refractivity contribution in [3.05, 3.63) is 29.8 Å². The Morgan fingerprint density at radius 2 is 2.11 bits per heavy atom. The topological polar surface area (TPSA) is 29.1 Å². The van der Waals surface area contributed by atoms with Crippen molar-refractivity contribution in [3.63, 3.8) is 0 Å². The zero-order chi connectivity index (χ0) is 13.4. The molecule has 1 N–H and O–H groups in total. The fraction of sp³-hybridized carbons (Fsp3) is 0.600. The number of benzene rings is 1. The Kier molecular flexibility index (Phi) is 7.21. The molecule has 18 heavy (non-hydrogen) atoms. The molecule has 0 saturated heterocycles. The molecular weight excluding hydrogens is 242 g/mol. The molecule has 3 heteroatoms. The first-order valence-electron chi connectivity index (χ1n) is 6.85. The molecule has 0 aliphatic carbocycles. The van der Waals surface area contributed by atoms with Crippen molar-refractivity contribution < 1.29 is 4.21 Å². The predicted octanol–water partition coefficient (Wildman–Crippen LogP) is 3.27.